The third-order valence-corrected chi connectivity index (χ3v) is 17.5. The van der Waals surface area contributed by atoms with Crippen LogP contribution in [0.15, 0.2) is 97.1 Å². The van der Waals surface area contributed by atoms with E-state index >= 15 is 0 Å². The number of hydrogen-bond acceptors (Lipinski definition) is 3. The number of fused-ring (bicyclic) bond motifs is 7. The van der Waals surface area contributed by atoms with Crippen molar-refractivity contribution in [3.63, 3.8) is 0 Å². The Morgan fingerprint density at radius 1 is 0.540 bits per heavy atom. The topological polar surface area (TPSA) is 6.48 Å². The zero-order valence-electron chi connectivity index (χ0n) is 40.9. The van der Waals surface area contributed by atoms with Gasteiger partial charge in [-0.2, -0.15) is 11.3 Å². The molecule has 4 heteroatoms. The summed E-state index contributed by atoms with van der Waals surface area (Å²) in [6, 6.07) is 38.5. The molecule has 2 aliphatic carbocycles. The molecule has 5 aromatic carbocycles. The van der Waals surface area contributed by atoms with Crippen LogP contribution in [0.3, 0.4) is 0 Å². The first-order chi connectivity index (χ1) is 29.4. The van der Waals surface area contributed by atoms with E-state index in [1.54, 1.807) is 10.4 Å². The minimum Gasteiger partial charge on any atom is -0.311 e. The van der Waals surface area contributed by atoms with Crippen molar-refractivity contribution < 1.29 is 0 Å². The molecular formula is C59H69BN2S. The number of benzene rings is 5. The summed E-state index contributed by atoms with van der Waals surface area (Å²) in [6.07, 6.45) is 4.74. The predicted molar refractivity (Wildman–Crippen MR) is 276 cm³/mol. The van der Waals surface area contributed by atoms with Crippen molar-refractivity contribution >= 4 is 67.9 Å². The van der Waals surface area contributed by atoms with Crippen LogP contribution in [-0.2, 0) is 32.5 Å². The highest BCUT2D eigenvalue weighted by molar-refractivity contribution is 7.29. The number of hydrogen-bond donors (Lipinski definition) is 0. The molecule has 0 radical (unpaired) electrons. The van der Waals surface area contributed by atoms with Crippen LogP contribution < -0.4 is 25.5 Å². The Labute approximate surface area is 384 Å². The first-order valence-corrected chi connectivity index (χ1v) is 24.6. The minimum atomic E-state index is 0.00339. The van der Waals surface area contributed by atoms with Crippen molar-refractivity contribution in [3.05, 3.63) is 135 Å². The van der Waals surface area contributed by atoms with Gasteiger partial charge in [-0.05, 0) is 157 Å². The van der Waals surface area contributed by atoms with E-state index in [1.807, 2.05) is 0 Å². The third kappa shape index (κ3) is 6.54. The van der Waals surface area contributed by atoms with Gasteiger partial charge in [-0.15, -0.1) is 0 Å². The second-order valence-electron chi connectivity index (χ2n) is 24.5. The lowest BCUT2D eigenvalue weighted by molar-refractivity contribution is 0.332. The van der Waals surface area contributed by atoms with Gasteiger partial charge in [-0.25, -0.2) is 0 Å². The number of thiophene rings is 1. The highest BCUT2D eigenvalue weighted by Gasteiger charge is 2.52. The van der Waals surface area contributed by atoms with Gasteiger partial charge in [0.05, 0.1) is 11.4 Å². The van der Waals surface area contributed by atoms with Crippen LogP contribution >= 0.6 is 11.3 Å². The summed E-state index contributed by atoms with van der Waals surface area (Å²) in [4.78, 5) is 7.01. The molecule has 0 saturated heterocycles. The van der Waals surface area contributed by atoms with Crippen LogP contribution in [-0.4, -0.2) is 6.71 Å². The van der Waals surface area contributed by atoms with Crippen molar-refractivity contribution in [1.82, 2.24) is 0 Å². The van der Waals surface area contributed by atoms with Gasteiger partial charge in [0.25, 0.3) is 6.71 Å². The number of anilines is 6. The van der Waals surface area contributed by atoms with E-state index in [0.717, 1.165) is 0 Å². The van der Waals surface area contributed by atoms with Crippen molar-refractivity contribution in [1.29, 1.82) is 0 Å². The van der Waals surface area contributed by atoms with Gasteiger partial charge in [0.15, 0.2) is 0 Å². The molecule has 10 rings (SSSR count). The molecule has 2 aliphatic heterocycles. The van der Waals surface area contributed by atoms with Gasteiger partial charge in [0.1, 0.15) is 0 Å². The van der Waals surface area contributed by atoms with Crippen LogP contribution in [0, 0.1) is 6.92 Å². The van der Waals surface area contributed by atoms with Gasteiger partial charge in [-0.1, -0.05) is 152 Å². The highest BCUT2D eigenvalue weighted by Crippen LogP contribution is 2.57. The molecule has 6 aromatic rings. The molecule has 0 unspecified atom stereocenters. The van der Waals surface area contributed by atoms with Crippen LogP contribution in [0.2, 0.25) is 0 Å². The Kier molecular flexibility index (Phi) is 9.25. The fourth-order valence-electron chi connectivity index (χ4n) is 11.7. The number of aryl methyl sites for hydroxylation is 1. The Bertz CT molecular complexity index is 2820. The van der Waals surface area contributed by atoms with E-state index < -0.39 is 0 Å². The lowest BCUT2D eigenvalue weighted by Crippen LogP contribution is -2.61. The monoisotopic (exact) mass is 849 g/mol. The summed E-state index contributed by atoms with van der Waals surface area (Å²) < 4.78 is 1.51. The normalized spacial score (nSPS) is 18.9. The van der Waals surface area contributed by atoms with E-state index in [-0.39, 0.29) is 39.2 Å². The smallest absolute Gasteiger partial charge is 0.264 e. The minimum absolute atomic E-state index is 0.00339. The second kappa shape index (κ2) is 13.7. The molecule has 0 amide bonds. The maximum absolute atomic E-state index is 2.72. The van der Waals surface area contributed by atoms with Crippen LogP contribution in [0.5, 0.6) is 0 Å². The average molecular weight is 849 g/mol. The molecule has 0 spiro atoms. The first kappa shape index (κ1) is 42.4. The summed E-state index contributed by atoms with van der Waals surface area (Å²) in [7, 11) is 0. The Hall–Kier alpha value is -4.54. The van der Waals surface area contributed by atoms with E-state index in [9.17, 15) is 0 Å². The van der Waals surface area contributed by atoms with Crippen molar-refractivity contribution in [3.8, 4) is 11.1 Å². The van der Waals surface area contributed by atoms with Gasteiger partial charge in [0, 0.05) is 38.0 Å². The maximum atomic E-state index is 2.72. The summed E-state index contributed by atoms with van der Waals surface area (Å²) in [5.41, 5.74) is 22.3. The standard InChI is InChI=1S/C59H69BN2S/c1-36-31-47-50-48(32-36)62(45-26-23-39(55(5,6)7)33-41(45)37-19-17-16-18-20-37)46-35-43-42(56(8,9)27-28-57(43,10)11)34-44(46)60(50)53-51(49-52(63-53)59(14,15)30-29-58(49,12)13)61(47)40-24-21-38(22-25-40)54(2,3)4/h16-26,31-35H,27-30H2,1-15H3. The van der Waals surface area contributed by atoms with E-state index in [4.69, 9.17) is 0 Å². The van der Waals surface area contributed by atoms with Gasteiger partial charge < -0.3 is 9.80 Å². The number of rotatable bonds is 3. The molecule has 63 heavy (non-hydrogen) atoms. The Morgan fingerprint density at radius 2 is 1.10 bits per heavy atom. The molecule has 324 valence electrons. The lowest BCUT2D eigenvalue weighted by atomic mass is 9.35. The molecule has 0 bridgehead atoms. The third-order valence-electron chi connectivity index (χ3n) is 15.8. The largest absolute Gasteiger partial charge is 0.311 e. The average Bonchev–Trinajstić information content (AvgIpc) is 3.63. The van der Waals surface area contributed by atoms with Gasteiger partial charge >= 0.3 is 0 Å². The SMILES string of the molecule is Cc1cc2c3c(c1)N(c1ccc(C(C)(C)C)cc1)c1c(sc4c1C(C)(C)CCC4(C)C)B3c1cc3c(cc1N2c1ccc(C(C)(C)C)cc1-c1ccccc1)C(C)(C)CCC3(C)C. The van der Waals surface area contributed by atoms with Gasteiger partial charge in [0.2, 0.25) is 0 Å². The molecular weight excluding hydrogens is 780 g/mol. The summed E-state index contributed by atoms with van der Waals surface area (Å²) >= 11 is 2.14. The predicted octanol–water partition coefficient (Wildman–Crippen LogP) is 15.1. The van der Waals surface area contributed by atoms with E-state index in [1.165, 1.54) is 114 Å². The molecule has 0 fully saturated rings. The zero-order valence-corrected chi connectivity index (χ0v) is 41.8. The van der Waals surface area contributed by atoms with Crippen molar-refractivity contribution in [2.45, 2.75) is 162 Å². The van der Waals surface area contributed by atoms with E-state index in [0.29, 0.717) is 0 Å². The van der Waals surface area contributed by atoms with E-state index in [2.05, 4.69) is 222 Å². The lowest BCUT2D eigenvalue weighted by Gasteiger charge is -2.48. The Morgan fingerprint density at radius 3 is 1.71 bits per heavy atom. The van der Waals surface area contributed by atoms with Crippen LogP contribution in [0.25, 0.3) is 11.1 Å². The summed E-state index contributed by atoms with van der Waals surface area (Å²) in [5.74, 6) is 0. The molecule has 0 saturated carbocycles. The van der Waals surface area contributed by atoms with Crippen LogP contribution in [0.1, 0.15) is 161 Å². The quantitative estimate of drug-likeness (QED) is 0.163. The second-order valence-corrected chi connectivity index (χ2v) is 25.5. The molecule has 1 aromatic heterocycles. The Balaban J connectivity index is 1.36. The molecule has 0 atom stereocenters. The highest BCUT2D eigenvalue weighted by atomic mass is 32.1. The fraction of sp³-hybridized carbons (Fsp3) is 0.424. The maximum Gasteiger partial charge on any atom is 0.264 e. The van der Waals surface area contributed by atoms with Crippen molar-refractivity contribution in [2.75, 3.05) is 9.80 Å². The van der Waals surface area contributed by atoms with Crippen LogP contribution in [0.4, 0.5) is 34.1 Å². The molecule has 2 nitrogen and oxygen atoms in total. The molecule has 3 heterocycles. The number of nitrogens with zero attached hydrogens (tertiary/aromatic N) is 2. The first-order valence-electron chi connectivity index (χ1n) is 23.8. The fourth-order valence-corrected chi connectivity index (χ4v) is 13.4. The van der Waals surface area contributed by atoms with Crippen molar-refractivity contribution in [2.24, 2.45) is 0 Å². The zero-order chi connectivity index (χ0) is 45.0. The van der Waals surface area contributed by atoms with Gasteiger partial charge in [-0.3, -0.25) is 0 Å². The summed E-state index contributed by atoms with van der Waals surface area (Å²) in [6.45, 7) is 36.5. The summed E-state index contributed by atoms with van der Waals surface area (Å²) in [5, 5.41) is 0. The molecule has 4 aliphatic rings. The molecule has 0 N–H and O–H groups in total.